The highest BCUT2D eigenvalue weighted by molar-refractivity contribution is 5.69. The topological polar surface area (TPSA) is 50.3 Å². The zero-order chi connectivity index (χ0) is 15.7. The largest absolute Gasteiger partial charge is 0.497 e. The predicted octanol–water partition coefficient (Wildman–Crippen LogP) is 3.95. The first kappa shape index (κ1) is 14.2. The van der Waals surface area contributed by atoms with Gasteiger partial charge in [-0.1, -0.05) is 18.2 Å². The lowest BCUT2D eigenvalue weighted by molar-refractivity contribution is 0.415. The van der Waals surface area contributed by atoms with Gasteiger partial charge in [0.05, 0.1) is 30.5 Å². The highest BCUT2D eigenvalue weighted by Gasteiger charge is 2.19. The summed E-state index contributed by atoms with van der Waals surface area (Å²) in [6.45, 7) is 3.93. The van der Waals surface area contributed by atoms with Gasteiger partial charge in [0.25, 0.3) is 0 Å². The Hall–Kier alpha value is -2.80. The van der Waals surface area contributed by atoms with Crippen LogP contribution >= 0.6 is 0 Å². The fourth-order valence-corrected chi connectivity index (χ4v) is 2.63. The third kappa shape index (κ3) is 2.31. The molecule has 3 rings (SSSR count). The highest BCUT2D eigenvalue weighted by Crippen LogP contribution is 2.31. The number of imidazole rings is 1. The Morgan fingerprint density at radius 2 is 2.09 bits per heavy atom. The Bertz CT molecular complexity index is 874. The summed E-state index contributed by atoms with van der Waals surface area (Å²) in [5.74, 6) is 0.527. The van der Waals surface area contributed by atoms with Crippen LogP contribution in [0.5, 0.6) is 5.75 Å². The van der Waals surface area contributed by atoms with Gasteiger partial charge in [0.2, 0.25) is 0 Å². The number of rotatable bonds is 3. The highest BCUT2D eigenvalue weighted by atomic mass is 16.5. The molecule has 0 aliphatic heterocycles. The molecule has 1 unspecified atom stereocenters. The van der Waals surface area contributed by atoms with Gasteiger partial charge in [-0.3, -0.25) is 0 Å². The van der Waals surface area contributed by atoms with Gasteiger partial charge in [0.1, 0.15) is 11.4 Å². The fourth-order valence-electron chi connectivity index (χ4n) is 2.63. The molecule has 0 fully saturated rings. The maximum Gasteiger partial charge on any atom is 0.137 e. The Balaban J connectivity index is 2.30. The van der Waals surface area contributed by atoms with E-state index >= 15 is 0 Å². The second kappa shape index (κ2) is 5.53. The molecule has 3 aromatic rings. The molecule has 1 aromatic carbocycles. The van der Waals surface area contributed by atoms with Gasteiger partial charge >= 0.3 is 0 Å². The van der Waals surface area contributed by atoms with Crippen LogP contribution in [0.25, 0.3) is 16.9 Å². The molecule has 110 valence electrons. The van der Waals surface area contributed by atoms with Gasteiger partial charge in [-0.2, -0.15) is 5.26 Å². The molecular formula is C18H17N3O. The van der Waals surface area contributed by atoms with Gasteiger partial charge in [-0.25, -0.2) is 4.98 Å². The van der Waals surface area contributed by atoms with Crippen LogP contribution in [0.1, 0.15) is 24.1 Å². The number of ether oxygens (including phenoxy) is 1. The van der Waals surface area contributed by atoms with E-state index in [1.165, 1.54) is 0 Å². The summed E-state index contributed by atoms with van der Waals surface area (Å²) in [5.41, 5.74) is 4.68. The van der Waals surface area contributed by atoms with Crippen LogP contribution in [-0.2, 0) is 0 Å². The lowest BCUT2D eigenvalue weighted by Crippen LogP contribution is -1.99. The lowest BCUT2D eigenvalue weighted by Gasteiger charge is -2.08. The summed E-state index contributed by atoms with van der Waals surface area (Å²) in [6, 6.07) is 14.1. The Kier molecular flexibility index (Phi) is 3.56. The van der Waals surface area contributed by atoms with E-state index in [9.17, 15) is 5.26 Å². The molecule has 22 heavy (non-hydrogen) atoms. The summed E-state index contributed by atoms with van der Waals surface area (Å²) in [4.78, 5) is 4.72. The van der Waals surface area contributed by atoms with Crippen molar-refractivity contribution in [3.05, 3.63) is 53.9 Å². The minimum atomic E-state index is -0.252. The molecule has 2 aromatic heterocycles. The van der Waals surface area contributed by atoms with E-state index in [1.54, 1.807) is 7.11 Å². The molecule has 0 spiro atoms. The van der Waals surface area contributed by atoms with Gasteiger partial charge in [-0.05, 0) is 37.6 Å². The zero-order valence-electron chi connectivity index (χ0n) is 12.9. The first-order chi connectivity index (χ1) is 10.6. The molecule has 0 aliphatic carbocycles. The molecule has 1 atom stereocenters. The van der Waals surface area contributed by atoms with Gasteiger partial charge < -0.3 is 9.14 Å². The van der Waals surface area contributed by atoms with E-state index < -0.39 is 0 Å². The molecule has 0 saturated heterocycles. The van der Waals surface area contributed by atoms with E-state index in [4.69, 9.17) is 9.72 Å². The van der Waals surface area contributed by atoms with Gasteiger partial charge in [-0.15, -0.1) is 0 Å². The van der Waals surface area contributed by atoms with E-state index in [2.05, 4.69) is 6.07 Å². The molecule has 2 heterocycles. The van der Waals surface area contributed by atoms with Crippen molar-refractivity contribution in [3.63, 3.8) is 0 Å². The van der Waals surface area contributed by atoms with Crippen molar-refractivity contribution in [1.82, 2.24) is 9.38 Å². The summed E-state index contributed by atoms with van der Waals surface area (Å²) in [7, 11) is 1.64. The molecule has 0 saturated carbocycles. The molecule has 4 nitrogen and oxygen atoms in total. The average Bonchev–Trinajstić information content (AvgIpc) is 2.92. The van der Waals surface area contributed by atoms with Crippen LogP contribution in [0.15, 0.2) is 42.6 Å². The number of fused-ring (bicyclic) bond motifs is 1. The Morgan fingerprint density at radius 3 is 2.82 bits per heavy atom. The van der Waals surface area contributed by atoms with Gasteiger partial charge in [0, 0.05) is 11.8 Å². The van der Waals surface area contributed by atoms with Crippen molar-refractivity contribution in [2.24, 2.45) is 0 Å². The second-order valence-corrected chi connectivity index (χ2v) is 5.36. The van der Waals surface area contributed by atoms with Crippen LogP contribution in [0.2, 0.25) is 0 Å². The van der Waals surface area contributed by atoms with Crippen molar-refractivity contribution in [3.8, 4) is 23.1 Å². The third-order valence-electron chi connectivity index (χ3n) is 3.75. The molecular weight excluding hydrogens is 274 g/mol. The number of aryl methyl sites for hydroxylation is 1. The number of nitrogens with zero attached hydrogens (tertiary/aromatic N) is 3. The minimum absolute atomic E-state index is 0.252. The number of methoxy groups -OCH3 is 1. The number of hydrogen-bond donors (Lipinski definition) is 0. The number of hydrogen-bond acceptors (Lipinski definition) is 3. The second-order valence-electron chi connectivity index (χ2n) is 5.36. The number of aromatic nitrogens is 2. The molecule has 4 heteroatoms. The minimum Gasteiger partial charge on any atom is -0.497 e. The number of pyridine rings is 1. The lowest BCUT2D eigenvalue weighted by atomic mass is 10.0. The quantitative estimate of drug-likeness (QED) is 0.734. The maximum absolute atomic E-state index is 9.39. The van der Waals surface area contributed by atoms with Crippen LogP contribution in [0.4, 0.5) is 0 Å². The summed E-state index contributed by atoms with van der Waals surface area (Å²) >= 11 is 0. The number of benzene rings is 1. The summed E-state index contributed by atoms with van der Waals surface area (Å²) < 4.78 is 7.31. The third-order valence-corrected chi connectivity index (χ3v) is 3.75. The summed E-state index contributed by atoms with van der Waals surface area (Å²) in [5, 5.41) is 9.39. The van der Waals surface area contributed by atoms with Crippen LogP contribution in [-0.4, -0.2) is 16.5 Å². The molecule has 0 aliphatic rings. The average molecular weight is 291 g/mol. The first-order valence-electron chi connectivity index (χ1n) is 7.16. The van der Waals surface area contributed by atoms with E-state index in [-0.39, 0.29) is 5.92 Å². The van der Waals surface area contributed by atoms with Crippen LogP contribution in [0.3, 0.4) is 0 Å². The smallest absolute Gasteiger partial charge is 0.137 e. The van der Waals surface area contributed by atoms with Crippen molar-refractivity contribution in [1.29, 1.82) is 5.26 Å². The fraction of sp³-hybridized carbons (Fsp3) is 0.222. The first-order valence-corrected chi connectivity index (χ1v) is 7.16. The molecule has 0 amide bonds. The van der Waals surface area contributed by atoms with E-state index in [1.807, 2.05) is 60.8 Å². The predicted molar refractivity (Wildman–Crippen MR) is 85.9 cm³/mol. The normalized spacial score (nSPS) is 12.1. The molecule has 0 bridgehead atoms. The van der Waals surface area contributed by atoms with Crippen molar-refractivity contribution >= 4 is 5.65 Å². The zero-order valence-corrected chi connectivity index (χ0v) is 12.9. The van der Waals surface area contributed by atoms with Crippen LogP contribution in [0, 0.1) is 18.3 Å². The summed E-state index contributed by atoms with van der Waals surface area (Å²) in [6.07, 6.45) is 2.02. The monoisotopic (exact) mass is 291 g/mol. The van der Waals surface area contributed by atoms with Crippen LogP contribution < -0.4 is 4.74 Å². The Morgan fingerprint density at radius 1 is 1.27 bits per heavy atom. The van der Waals surface area contributed by atoms with Crippen molar-refractivity contribution in [2.45, 2.75) is 19.8 Å². The van der Waals surface area contributed by atoms with Crippen molar-refractivity contribution in [2.75, 3.05) is 7.11 Å². The molecule has 0 radical (unpaired) electrons. The Labute approximate surface area is 129 Å². The van der Waals surface area contributed by atoms with E-state index in [0.29, 0.717) is 0 Å². The standard InChI is InChI=1S/C18H17N3O/c1-12-7-8-16-20-17(14-5-4-6-15(9-14)22-3)18(13(2)10-19)21(16)11-12/h4-9,11,13H,1-3H3. The number of nitriles is 1. The van der Waals surface area contributed by atoms with Crippen molar-refractivity contribution < 1.29 is 4.74 Å². The maximum atomic E-state index is 9.39. The van der Waals surface area contributed by atoms with Gasteiger partial charge in [0.15, 0.2) is 0 Å². The molecule has 0 N–H and O–H groups in total. The SMILES string of the molecule is COc1cccc(-c2nc3ccc(C)cn3c2C(C)C#N)c1. The van der Waals surface area contributed by atoms with E-state index in [0.717, 1.165) is 33.9 Å².